The van der Waals surface area contributed by atoms with E-state index in [1.54, 1.807) is 49.4 Å². The minimum atomic E-state index is -4.10. The first-order chi connectivity index (χ1) is 16.6. The number of hydrogen-bond donors (Lipinski definition) is 1. The number of aromatic nitrogens is 1. The molecule has 35 heavy (non-hydrogen) atoms. The predicted molar refractivity (Wildman–Crippen MR) is 131 cm³/mol. The third-order valence-corrected chi connectivity index (χ3v) is 7.27. The maximum absolute atomic E-state index is 13.0. The van der Waals surface area contributed by atoms with Crippen molar-refractivity contribution in [1.29, 1.82) is 0 Å². The maximum Gasteiger partial charge on any atom is 0.270 e. The zero-order valence-corrected chi connectivity index (χ0v) is 20.1. The second kappa shape index (κ2) is 9.22. The first-order valence-electron chi connectivity index (χ1n) is 10.6. The summed E-state index contributed by atoms with van der Waals surface area (Å²) in [6.07, 6.45) is 2.24. The SMILES string of the molecule is COc1ccc(Cc2cn(C)c3ccc([N+](=O)[O-])cc23)cc1C(=O)NS(=O)(=O)c1ccccc1C. The molecule has 0 spiro atoms. The van der Waals surface area contributed by atoms with E-state index in [-0.39, 0.29) is 21.9 Å². The molecule has 1 aromatic heterocycles. The summed E-state index contributed by atoms with van der Waals surface area (Å²) in [7, 11) is -0.853. The van der Waals surface area contributed by atoms with Crippen molar-refractivity contribution in [1.82, 2.24) is 9.29 Å². The van der Waals surface area contributed by atoms with E-state index in [0.29, 0.717) is 17.5 Å². The number of nitro groups is 1. The number of ether oxygens (including phenoxy) is 1. The summed E-state index contributed by atoms with van der Waals surface area (Å²) in [5, 5.41) is 12.0. The van der Waals surface area contributed by atoms with Gasteiger partial charge in [-0.25, -0.2) is 13.1 Å². The van der Waals surface area contributed by atoms with E-state index in [2.05, 4.69) is 4.72 Å². The maximum atomic E-state index is 13.0. The molecule has 0 unspecified atom stereocenters. The van der Waals surface area contributed by atoms with Gasteiger partial charge in [-0.05, 0) is 54.3 Å². The number of nitrogens with one attached hydrogen (secondary N) is 1. The molecule has 3 aromatic carbocycles. The lowest BCUT2D eigenvalue weighted by atomic mass is 10.0. The Hall–Kier alpha value is -4.18. The van der Waals surface area contributed by atoms with Gasteiger partial charge in [-0.3, -0.25) is 14.9 Å². The van der Waals surface area contributed by atoms with Crippen LogP contribution in [0.1, 0.15) is 27.0 Å². The van der Waals surface area contributed by atoms with Gasteiger partial charge in [-0.2, -0.15) is 0 Å². The highest BCUT2D eigenvalue weighted by Crippen LogP contribution is 2.29. The van der Waals surface area contributed by atoms with Crippen LogP contribution in [0.5, 0.6) is 5.75 Å². The lowest BCUT2D eigenvalue weighted by Crippen LogP contribution is -2.31. The Morgan fingerprint density at radius 3 is 2.54 bits per heavy atom. The molecular formula is C25H23N3O6S. The van der Waals surface area contributed by atoms with Gasteiger partial charge in [0.05, 0.1) is 22.5 Å². The summed E-state index contributed by atoms with van der Waals surface area (Å²) < 4.78 is 34.9. The number of benzene rings is 3. The number of carbonyl (C=O) groups is 1. The quantitative estimate of drug-likeness (QED) is 0.306. The van der Waals surface area contributed by atoms with Gasteiger partial charge in [0, 0.05) is 36.3 Å². The fourth-order valence-electron chi connectivity index (χ4n) is 4.07. The molecule has 0 aliphatic heterocycles. The Kier molecular flexibility index (Phi) is 6.31. The van der Waals surface area contributed by atoms with Crippen molar-refractivity contribution in [3.05, 3.63) is 99.2 Å². The van der Waals surface area contributed by atoms with Gasteiger partial charge in [0.1, 0.15) is 5.75 Å². The highest BCUT2D eigenvalue weighted by atomic mass is 32.2. The zero-order valence-electron chi connectivity index (χ0n) is 19.3. The Morgan fingerprint density at radius 2 is 1.86 bits per heavy atom. The smallest absolute Gasteiger partial charge is 0.270 e. The van der Waals surface area contributed by atoms with E-state index in [4.69, 9.17) is 4.74 Å². The molecule has 0 bridgehead atoms. The fourth-order valence-corrected chi connectivity index (χ4v) is 5.28. The standard InChI is InChI=1S/C25H23N3O6S/c1-16-6-4-5-7-24(16)35(32,33)26-25(29)21-13-17(8-11-23(21)34-3)12-18-15-27(2)22-10-9-19(28(30)31)14-20(18)22/h4-11,13-15H,12H2,1-3H3,(H,26,29). The van der Waals surface area contributed by atoms with Crippen molar-refractivity contribution in [2.24, 2.45) is 7.05 Å². The van der Waals surface area contributed by atoms with Gasteiger partial charge in [-0.1, -0.05) is 24.3 Å². The largest absolute Gasteiger partial charge is 0.496 e. The van der Waals surface area contributed by atoms with Crippen LogP contribution in [0.3, 0.4) is 0 Å². The van der Waals surface area contributed by atoms with Crippen molar-refractivity contribution < 1.29 is 22.9 Å². The number of carbonyl (C=O) groups excluding carboxylic acids is 1. The normalized spacial score (nSPS) is 11.4. The van der Waals surface area contributed by atoms with E-state index >= 15 is 0 Å². The van der Waals surface area contributed by atoms with Crippen molar-refractivity contribution in [2.45, 2.75) is 18.2 Å². The Bertz CT molecular complexity index is 1570. The van der Waals surface area contributed by atoms with Crippen LogP contribution in [-0.2, 0) is 23.5 Å². The van der Waals surface area contributed by atoms with Crippen molar-refractivity contribution in [3.63, 3.8) is 0 Å². The average Bonchev–Trinajstić information content (AvgIpc) is 3.13. The summed E-state index contributed by atoms with van der Waals surface area (Å²) in [6, 6.07) is 16.0. The third-order valence-electron chi connectivity index (χ3n) is 5.78. The van der Waals surface area contributed by atoms with Crippen LogP contribution < -0.4 is 9.46 Å². The van der Waals surface area contributed by atoms with Crippen LogP contribution in [0, 0.1) is 17.0 Å². The molecule has 4 rings (SSSR count). The predicted octanol–water partition coefficient (Wildman–Crippen LogP) is 4.11. The lowest BCUT2D eigenvalue weighted by Gasteiger charge is -2.13. The average molecular weight is 494 g/mol. The number of methoxy groups -OCH3 is 1. The molecule has 0 saturated heterocycles. The van der Waals surface area contributed by atoms with Crippen molar-refractivity contribution in [2.75, 3.05) is 7.11 Å². The topological polar surface area (TPSA) is 121 Å². The van der Waals surface area contributed by atoms with Crippen LogP contribution in [0.2, 0.25) is 0 Å². The Balaban J connectivity index is 1.68. The third kappa shape index (κ3) is 4.73. The van der Waals surface area contributed by atoms with E-state index in [9.17, 15) is 23.3 Å². The molecular weight excluding hydrogens is 470 g/mol. The molecule has 180 valence electrons. The van der Waals surface area contributed by atoms with Gasteiger partial charge in [0.2, 0.25) is 0 Å². The number of non-ortho nitro benzene ring substituents is 1. The van der Waals surface area contributed by atoms with Crippen LogP contribution in [-0.4, -0.2) is 30.9 Å². The number of amides is 1. The second-order valence-electron chi connectivity index (χ2n) is 8.14. The summed E-state index contributed by atoms with van der Waals surface area (Å²) in [5.74, 6) is -0.597. The van der Waals surface area contributed by atoms with Crippen LogP contribution >= 0.6 is 0 Å². The van der Waals surface area contributed by atoms with E-state index < -0.39 is 20.9 Å². The van der Waals surface area contributed by atoms with Crippen molar-refractivity contribution >= 4 is 32.5 Å². The fraction of sp³-hybridized carbons (Fsp3) is 0.160. The Morgan fingerprint density at radius 1 is 1.11 bits per heavy atom. The molecule has 0 aliphatic rings. The van der Waals surface area contributed by atoms with Crippen LogP contribution in [0.4, 0.5) is 5.69 Å². The van der Waals surface area contributed by atoms with E-state index in [1.807, 2.05) is 17.8 Å². The number of nitro benzene ring substituents is 1. The van der Waals surface area contributed by atoms with Gasteiger partial charge < -0.3 is 9.30 Å². The molecule has 0 aliphatic carbocycles. The monoisotopic (exact) mass is 493 g/mol. The number of nitrogens with zero attached hydrogens (tertiary/aromatic N) is 2. The van der Waals surface area contributed by atoms with Crippen molar-refractivity contribution in [3.8, 4) is 5.75 Å². The summed E-state index contributed by atoms with van der Waals surface area (Å²) in [5.41, 5.74) is 2.94. The minimum absolute atomic E-state index is 0.0128. The molecule has 10 heteroatoms. The molecule has 0 fully saturated rings. The van der Waals surface area contributed by atoms with Gasteiger partial charge in [-0.15, -0.1) is 0 Å². The van der Waals surface area contributed by atoms with E-state index in [0.717, 1.165) is 16.5 Å². The van der Waals surface area contributed by atoms with Crippen LogP contribution in [0.25, 0.3) is 10.9 Å². The highest BCUT2D eigenvalue weighted by Gasteiger charge is 2.23. The van der Waals surface area contributed by atoms with E-state index in [1.165, 1.54) is 25.3 Å². The number of hydrogen-bond acceptors (Lipinski definition) is 6. The first-order valence-corrected chi connectivity index (χ1v) is 12.1. The number of fused-ring (bicyclic) bond motifs is 1. The molecule has 9 nitrogen and oxygen atoms in total. The molecule has 4 aromatic rings. The lowest BCUT2D eigenvalue weighted by molar-refractivity contribution is -0.384. The van der Waals surface area contributed by atoms with Gasteiger partial charge in [0.25, 0.3) is 21.6 Å². The molecule has 1 amide bonds. The first kappa shape index (κ1) is 24.0. The number of aryl methyl sites for hydroxylation is 2. The number of sulfonamides is 1. The molecule has 0 atom stereocenters. The number of rotatable bonds is 7. The highest BCUT2D eigenvalue weighted by molar-refractivity contribution is 7.90. The summed E-state index contributed by atoms with van der Waals surface area (Å²) >= 11 is 0. The summed E-state index contributed by atoms with van der Waals surface area (Å²) in [4.78, 5) is 23.8. The molecule has 1 N–H and O–H groups in total. The molecule has 0 saturated carbocycles. The zero-order chi connectivity index (χ0) is 25.3. The summed E-state index contributed by atoms with van der Waals surface area (Å²) in [6.45, 7) is 1.65. The second-order valence-corrected chi connectivity index (χ2v) is 9.79. The molecule has 1 heterocycles. The Labute approximate surface area is 202 Å². The van der Waals surface area contributed by atoms with Gasteiger partial charge >= 0.3 is 0 Å². The molecule has 0 radical (unpaired) electrons. The minimum Gasteiger partial charge on any atom is -0.496 e. The van der Waals surface area contributed by atoms with Gasteiger partial charge in [0.15, 0.2) is 0 Å². The van der Waals surface area contributed by atoms with Crippen LogP contribution in [0.15, 0.2) is 71.8 Å².